The van der Waals surface area contributed by atoms with Crippen LogP contribution in [0.5, 0.6) is 0 Å². The molecular weight excluding hydrogens is 212 g/mol. The van der Waals surface area contributed by atoms with Crippen molar-refractivity contribution in [1.82, 2.24) is 0 Å². The van der Waals surface area contributed by atoms with Crippen LogP contribution in [0.25, 0.3) is 6.08 Å². The third-order valence-corrected chi connectivity index (χ3v) is 2.21. The molecule has 0 atom stereocenters. The van der Waals surface area contributed by atoms with Crippen molar-refractivity contribution in [2.24, 2.45) is 0 Å². The molecule has 0 unspecified atom stereocenters. The summed E-state index contributed by atoms with van der Waals surface area (Å²) in [5.41, 5.74) is 1.86. The molecule has 92 valence electrons. The van der Waals surface area contributed by atoms with Crippen LogP contribution in [0.4, 0.5) is 0 Å². The van der Waals surface area contributed by atoms with Crippen molar-refractivity contribution in [3.8, 4) is 0 Å². The van der Waals surface area contributed by atoms with Crippen molar-refractivity contribution in [2.75, 3.05) is 0 Å². The van der Waals surface area contributed by atoms with Crippen LogP contribution in [0.15, 0.2) is 30.3 Å². The topological polar surface area (TPSA) is 26.3 Å². The van der Waals surface area contributed by atoms with Crippen molar-refractivity contribution < 1.29 is 9.53 Å². The van der Waals surface area contributed by atoms with Crippen LogP contribution in [0.2, 0.25) is 0 Å². The molecule has 0 fully saturated rings. The van der Waals surface area contributed by atoms with Gasteiger partial charge in [0, 0.05) is 6.08 Å². The third-order valence-electron chi connectivity index (χ3n) is 2.21. The standard InChI is InChI=1S/C15H20O2/c1-5-12-6-8-13(9-7-12)10-11-14(16)17-15(2,3)4/h6-11H,5H2,1-4H3. The average molecular weight is 232 g/mol. The predicted molar refractivity (Wildman–Crippen MR) is 70.7 cm³/mol. The minimum Gasteiger partial charge on any atom is -0.457 e. The molecule has 0 N–H and O–H groups in total. The summed E-state index contributed by atoms with van der Waals surface area (Å²) >= 11 is 0. The minimum atomic E-state index is -0.437. The smallest absolute Gasteiger partial charge is 0.331 e. The minimum absolute atomic E-state index is 0.308. The lowest BCUT2D eigenvalue weighted by atomic mass is 10.1. The fraction of sp³-hybridized carbons (Fsp3) is 0.400. The summed E-state index contributed by atoms with van der Waals surface area (Å²) in [5.74, 6) is -0.308. The first-order valence-electron chi connectivity index (χ1n) is 5.91. The Morgan fingerprint density at radius 2 is 1.82 bits per heavy atom. The maximum absolute atomic E-state index is 11.4. The van der Waals surface area contributed by atoms with Crippen molar-refractivity contribution in [3.63, 3.8) is 0 Å². The van der Waals surface area contributed by atoms with Crippen LogP contribution in [0, 0.1) is 0 Å². The van der Waals surface area contributed by atoms with Crippen molar-refractivity contribution in [1.29, 1.82) is 0 Å². The van der Waals surface area contributed by atoms with Gasteiger partial charge < -0.3 is 4.74 Å². The van der Waals surface area contributed by atoms with Gasteiger partial charge in [-0.05, 0) is 44.4 Å². The second kappa shape index (κ2) is 5.67. The molecule has 0 bridgehead atoms. The molecule has 1 rings (SSSR count). The SMILES string of the molecule is CCc1ccc(C=CC(=O)OC(C)(C)C)cc1. The van der Waals surface area contributed by atoms with Gasteiger partial charge in [-0.3, -0.25) is 0 Å². The average Bonchev–Trinajstić information content (AvgIpc) is 2.25. The van der Waals surface area contributed by atoms with E-state index in [1.807, 2.05) is 32.9 Å². The molecule has 2 nitrogen and oxygen atoms in total. The van der Waals surface area contributed by atoms with Gasteiger partial charge in [0.1, 0.15) is 5.60 Å². The number of hydrogen-bond donors (Lipinski definition) is 0. The second-order valence-corrected chi connectivity index (χ2v) is 4.96. The zero-order valence-corrected chi connectivity index (χ0v) is 11.0. The molecule has 0 aliphatic carbocycles. The van der Waals surface area contributed by atoms with Crippen LogP contribution < -0.4 is 0 Å². The number of rotatable bonds is 3. The van der Waals surface area contributed by atoms with E-state index >= 15 is 0 Å². The Labute approximate surface area is 103 Å². The Morgan fingerprint density at radius 1 is 1.24 bits per heavy atom. The van der Waals surface area contributed by atoms with Crippen LogP contribution >= 0.6 is 0 Å². The number of benzene rings is 1. The molecule has 0 amide bonds. The Balaban J connectivity index is 2.61. The largest absolute Gasteiger partial charge is 0.457 e. The molecule has 0 saturated heterocycles. The summed E-state index contributed by atoms with van der Waals surface area (Å²) in [6, 6.07) is 8.13. The molecule has 0 aliphatic heterocycles. The van der Waals surface area contributed by atoms with Gasteiger partial charge in [-0.2, -0.15) is 0 Å². The van der Waals surface area contributed by atoms with Gasteiger partial charge in [0.2, 0.25) is 0 Å². The van der Waals surface area contributed by atoms with Gasteiger partial charge in [-0.25, -0.2) is 4.79 Å². The van der Waals surface area contributed by atoms with Crippen LogP contribution in [-0.2, 0) is 16.0 Å². The molecule has 2 heteroatoms. The molecular formula is C15H20O2. The first-order chi connectivity index (χ1) is 7.90. The lowest BCUT2D eigenvalue weighted by Crippen LogP contribution is -2.22. The molecule has 1 aromatic carbocycles. The van der Waals surface area contributed by atoms with E-state index < -0.39 is 5.60 Å². The van der Waals surface area contributed by atoms with E-state index in [1.165, 1.54) is 11.6 Å². The summed E-state index contributed by atoms with van der Waals surface area (Å²) in [5, 5.41) is 0. The monoisotopic (exact) mass is 232 g/mol. The highest BCUT2D eigenvalue weighted by Gasteiger charge is 2.13. The number of esters is 1. The Morgan fingerprint density at radius 3 is 2.29 bits per heavy atom. The normalized spacial score (nSPS) is 11.8. The highest BCUT2D eigenvalue weighted by Crippen LogP contribution is 2.09. The van der Waals surface area contributed by atoms with Crippen LogP contribution in [-0.4, -0.2) is 11.6 Å². The molecule has 17 heavy (non-hydrogen) atoms. The predicted octanol–water partition coefficient (Wildman–Crippen LogP) is 3.60. The summed E-state index contributed by atoms with van der Waals surface area (Å²) in [6.45, 7) is 7.68. The highest BCUT2D eigenvalue weighted by molar-refractivity contribution is 5.87. The quantitative estimate of drug-likeness (QED) is 0.588. The fourth-order valence-electron chi connectivity index (χ4n) is 1.36. The highest BCUT2D eigenvalue weighted by atomic mass is 16.6. The molecule has 0 saturated carbocycles. The summed E-state index contributed by atoms with van der Waals surface area (Å²) in [6.07, 6.45) is 4.26. The van der Waals surface area contributed by atoms with Crippen LogP contribution in [0.3, 0.4) is 0 Å². The van der Waals surface area contributed by atoms with Gasteiger partial charge in [0.25, 0.3) is 0 Å². The number of hydrogen-bond acceptors (Lipinski definition) is 2. The van der Waals surface area contributed by atoms with Gasteiger partial charge >= 0.3 is 5.97 Å². The lowest BCUT2D eigenvalue weighted by Gasteiger charge is -2.17. The third kappa shape index (κ3) is 5.34. The van der Waals surface area contributed by atoms with Gasteiger partial charge in [-0.1, -0.05) is 31.2 Å². The second-order valence-electron chi connectivity index (χ2n) is 4.96. The molecule has 0 spiro atoms. The first kappa shape index (κ1) is 13.5. The van der Waals surface area contributed by atoms with E-state index in [9.17, 15) is 4.79 Å². The maximum Gasteiger partial charge on any atom is 0.331 e. The first-order valence-corrected chi connectivity index (χ1v) is 5.91. The maximum atomic E-state index is 11.4. The number of carbonyl (C=O) groups is 1. The van der Waals surface area contributed by atoms with E-state index in [0.717, 1.165) is 12.0 Å². The van der Waals surface area contributed by atoms with Crippen molar-refractivity contribution in [3.05, 3.63) is 41.5 Å². The van der Waals surface area contributed by atoms with E-state index in [2.05, 4.69) is 19.1 Å². The fourth-order valence-corrected chi connectivity index (χ4v) is 1.36. The summed E-state index contributed by atoms with van der Waals surface area (Å²) in [7, 11) is 0. The van der Waals surface area contributed by atoms with E-state index in [1.54, 1.807) is 6.08 Å². The lowest BCUT2D eigenvalue weighted by molar-refractivity contribution is -0.148. The van der Waals surface area contributed by atoms with Gasteiger partial charge in [0.05, 0.1) is 0 Å². The molecule has 0 radical (unpaired) electrons. The van der Waals surface area contributed by atoms with E-state index in [4.69, 9.17) is 4.74 Å². The van der Waals surface area contributed by atoms with E-state index in [0.29, 0.717) is 0 Å². The van der Waals surface area contributed by atoms with E-state index in [-0.39, 0.29) is 5.97 Å². The van der Waals surface area contributed by atoms with Crippen molar-refractivity contribution in [2.45, 2.75) is 39.7 Å². The zero-order chi connectivity index (χ0) is 12.9. The molecule has 1 aromatic rings. The molecule has 0 heterocycles. The number of carbonyl (C=O) groups excluding carboxylic acids is 1. The molecule has 0 aliphatic rings. The summed E-state index contributed by atoms with van der Waals surface area (Å²) < 4.78 is 5.18. The van der Waals surface area contributed by atoms with Gasteiger partial charge in [-0.15, -0.1) is 0 Å². The Hall–Kier alpha value is -1.57. The van der Waals surface area contributed by atoms with Gasteiger partial charge in [0.15, 0.2) is 0 Å². The van der Waals surface area contributed by atoms with Crippen LogP contribution in [0.1, 0.15) is 38.8 Å². The number of aryl methyl sites for hydroxylation is 1. The number of ether oxygens (including phenoxy) is 1. The Bertz CT molecular complexity index is 394. The Kier molecular flexibility index (Phi) is 4.50. The molecule has 0 aromatic heterocycles. The van der Waals surface area contributed by atoms with Crippen molar-refractivity contribution >= 4 is 12.0 Å². The summed E-state index contributed by atoms with van der Waals surface area (Å²) in [4.78, 5) is 11.4. The zero-order valence-electron chi connectivity index (χ0n) is 11.0.